The van der Waals surface area contributed by atoms with Crippen LogP contribution in [0.4, 0.5) is 0 Å². The molecule has 0 spiro atoms. The van der Waals surface area contributed by atoms with Crippen molar-refractivity contribution < 1.29 is 4.84 Å². The van der Waals surface area contributed by atoms with E-state index < -0.39 is 5.60 Å². The fraction of sp³-hybridized carbons (Fsp3) is 0.136. The van der Waals surface area contributed by atoms with Crippen molar-refractivity contribution in [1.82, 2.24) is 0 Å². The molecule has 3 heteroatoms. The van der Waals surface area contributed by atoms with Gasteiger partial charge < -0.3 is 4.84 Å². The van der Waals surface area contributed by atoms with E-state index in [1.807, 2.05) is 42.1 Å². The first kappa shape index (κ1) is 16.0. The van der Waals surface area contributed by atoms with Crippen LogP contribution in [-0.2, 0) is 10.4 Å². The van der Waals surface area contributed by atoms with Crippen molar-refractivity contribution in [1.29, 1.82) is 0 Å². The van der Waals surface area contributed by atoms with E-state index in [0.29, 0.717) is 0 Å². The molecule has 0 bridgehead atoms. The first-order chi connectivity index (χ1) is 12.4. The second-order valence-electron chi connectivity index (χ2n) is 6.13. The predicted molar refractivity (Wildman–Crippen MR) is 104 cm³/mol. The molecule has 3 aromatic rings. The zero-order chi connectivity index (χ0) is 17.0. The Balaban J connectivity index is 1.60. The van der Waals surface area contributed by atoms with Crippen molar-refractivity contribution >= 4 is 17.5 Å². The second-order valence-corrected chi connectivity index (χ2v) is 7.18. The maximum absolute atomic E-state index is 6.08. The summed E-state index contributed by atoms with van der Waals surface area (Å²) in [4.78, 5) is 7.33. The second kappa shape index (κ2) is 7.16. The third-order valence-corrected chi connectivity index (χ3v) is 5.62. The highest BCUT2D eigenvalue weighted by Crippen LogP contribution is 2.40. The molecule has 2 nitrogen and oxygen atoms in total. The van der Waals surface area contributed by atoms with Crippen LogP contribution in [0, 0.1) is 0 Å². The lowest BCUT2D eigenvalue weighted by atomic mass is 9.89. The number of hydrogen-bond donors (Lipinski definition) is 0. The van der Waals surface area contributed by atoms with E-state index in [1.165, 1.54) is 10.5 Å². The van der Waals surface area contributed by atoms with Gasteiger partial charge in [0.2, 0.25) is 0 Å². The molecule has 0 saturated heterocycles. The molecule has 0 unspecified atom stereocenters. The standard InChI is InChI=1S/C22H19NOS/c1-4-10-18(11-5-1)21-16-22(24-23-21,19-12-6-2-7-13-19)17-25-20-14-8-3-9-15-20/h1-15H,16-17H2/t22-/m1/s1. The topological polar surface area (TPSA) is 21.6 Å². The zero-order valence-corrected chi connectivity index (χ0v) is 14.7. The van der Waals surface area contributed by atoms with Gasteiger partial charge in [0.25, 0.3) is 0 Å². The van der Waals surface area contributed by atoms with E-state index in [4.69, 9.17) is 4.84 Å². The molecule has 1 aliphatic rings. The minimum Gasteiger partial charge on any atom is -0.383 e. The fourth-order valence-electron chi connectivity index (χ4n) is 3.04. The first-order valence-corrected chi connectivity index (χ1v) is 9.38. The number of hydrogen-bond acceptors (Lipinski definition) is 3. The van der Waals surface area contributed by atoms with E-state index in [0.717, 1.165) is 23.4 Å². The van der Waals surface area contributed by atoms with Gasteiger partial charge >= 0.3 is 0 Å². The number of benzene rings is 3. The number of oxime groups is 1. The molecule has 0 radical (unpaired) electrons. The monoisotopic (exact) mass is 345 g/mol. The summed E-state index contributed by atoms with van der Waals surface area (Å²) in [5.41, 5.74) is 2.89. The van der Waals surface area contributed by atoms with Crippen LogP contribution < -0.4 is 0 Å². The van der Waals surface area contributed by atoms with Crippen LogP contribution in [0.1, 0.15) is 17.5 Å². The molecule has 1 atom stereocenters. The Morgan fingerprint density at radius 3 is 2.08 bits per heavy atom. The summed E-state index contributed by atoms with van der Waals surface area (Å²) in [5, 5.41) is 4.45. The van der Waals surface area contributed by atoms with Gasteiger partial charge in [0, 0.05) is 17.1 Å². The number of thioether (sulfide) groups is 1. The lowest BCUT2D eigenvalue weighted by molar-refractivity contribution is -0.00317. The van der Waals surface area contributed by atoms with E-state index in [1.54, 1.807) is 0 Å². The summed E-state index contributed by atoms with van der Waals surface area (Å²) in [6.07, 6.45) is 0.779. The highest BCUT2D eigenvalue weighted by atomic mass is 32.2. The minimum absolute atomic E-state index is 0.424. The zero-order valence-electron chi connectivity index (χ0n) is 13.8. The van der Waals surface area contributed by atoms with Crippen LogP contribution in [-0.4, -0.2) is 11.5 Å². The molecule has 4 rings (SSSR count). The maximum Gasteiger partial charge on any atom is 0.177 e. The maximum atomic E-state index is 6.08. The average molecular weight is 345 g/mol. The molecule has 0 amide bonds. The normalized spacial score (nSPS) is 19.3. The summed E-state index contributed by atoms with van der Waals surface area (Å²) in [5.74, 6) is 0.820. The van der Waals surface area contributed by atoms with Gasteiger partial charge in [-0.05, 0) is 23.3 Å². The molecule has 0 aliphatic carbocycles. The molecule has 0 N–H and O–H groups in total. The Morgan fingerprint density at radius 2 is 1.40 bits per heavy atom. The van der Waals surface area contributed by atoms with Crippen LogP contribution in [0.25, 0.3) is 0 Å². The van der Waals surface area contributed by atoms with Crippen LogP contribution in [0.2, 0.25) is 0 Å². The molecule has 0 aromatic heterocycles. The lowest BCUT2D eigenvalue weighted by Gasteiger charge is -2.27. The van der Waals surface area contributed by atoms with E-state index >= 15 is 0 Å². The third-order valence-electron chi connectivity index (χ3n) is 4.41. The van der Waals surface area contributed by atoms with Crippen molar-refractivity contribution in [2.75, 3.05) is 5.75 Å². The van der Waals surface area contributed by atoms with E-state index in [2.05, 4.69) is 65.8 Å². The summed E-state index contributed by atoms with van der Waals surface area (Å²) >= 11 is 1.81. The van der Waals surface area contributed by atoms with Gasteiger partial charge in [0.05, 0.1) is 5.71 Å². The van der Waals surface area contributed by atoms with Gasteiger partial charge in [-0.25, -0.2) is 0 Å². The Morgan fingerprint density at radius 1 is 0.800 bits per heavy atom. The van der Waals surface area contributed by atoms with Gasteiger partial charge in [0.1, 0.15) is 0 Å². The Hall–Kier alpha value is -2.52. The average Bonchev–Trinajstić information content (AvgIpc) is 3.14. The van der Waals surface area contributed by atoms with Crippen molar-refractivity contribution in [2.45, 2.75) is 16.9 Å². The molecule has 25 heavy (non-hydrogen) atoms. The summed E-state index contributed by atoms with van der Waals surface area (Å²) in [6, 6.07) is 31.2. The van der Waals surface area contributed by atoms with Crippen LogP contribution >= 0.6 is 11.8 Å². The van der Waals surface area contributed by atoms with Crippen LogP contribution in [0.5, 0.6) is 0 Å². The molecule has 0 fully saturated rings. The van der Waals surface area contributed by atoms with Gasteiger partial charge in [-0.15, -0.1) is 11.8 Å². The van der Waals surface area contributed by atoms with Gasteiger partial charge in [0.15, 0.2) is 5.60 Å². The first-order valence-electron chi connectivity index (χ1n) is 8.40. The Labute approximate surface area is 152 Å². The largest absolute Gasteiger partial charge is 0.383 e. The smallest absolute Gasteiger partial charge is 0.177 e. The molecule has 124 valence electrons. The van der Waals surface area contributed by atoms with E-state index in [-0.39, 0.29) is 0 Å². The molecular weight excluding hydrogens is 326 g/mol. The summed E-state index contributed by atoms with van der Waals surface area (Å²) in [7, 11) is 0. The van der Waals surface area contributed by atoms with Crippen LogP contribution in [0.3, 0.4) is 0 Å². The SMILES string of the molecule is c1ccc(SC[C@@]2(c3ccccc3)CC(c3ccccc3)=NO2)cc1. The van der Waals surface area contributed by atoms with Crippen molar-refractivity contribution in [3.63, 3.8) is 0 Å². The summed E-state index contributed by atoms with van der Waals surface area (Å²) < 4.78 is 0. The van der Waals surface area contributed by atoms with Crippen LogP contribution in [0.15, 0.2) is 101 Å². The van der Waals surface area contributed by atoms with Gasteiger partial charge in [-0.2, -0.15) is 0 Å². The lowest BCUT2D eigenvalue weighted by Crippen LogP contribution is -2.29. The van der Waals surface area contributed by atoms with Gasteiger partial charge in [-0.3, -0.25) is 0 Å². The molecular formula is C22H19NOS. The molecule has 3 aromatic carbocycles. The predicted octanol–water partition coefficient (Wildman–Crippen LogP) is 5.50. The van der Waals surface area contributed by atoms with Crippen molar-refractivity contribution in [3.8, 4) is 0 Å². The Bertz CT molecular complexity index is 849. The minimum atomic E-state index is -0.424. The molecule has 0 saturated carbocycles. The quantitative estimate of drug-likeness (QED) is 0.570. The van der Waals surface area contributed by atoms with E-state index in [9.17, 15) is 0 Å². The third kappa shape index (κ3) is 3.47. The molecule has 1 aliphatic heterocycles. The number of rotatable bonds is 5. The number of nitrogens with zero attached hydrogens (tertiary/aromatic N) is 1. The fourth-order valence-corrected chi connectivity index (χ4v) is 4.11. The summed E-state index contributed by atoms with van der Waals surface area (Å²) in [6.45, 7) is 0. The van der Waals surface area contributed by atoms with Gasteiger partial charge in [-0.1, -0.05) is 84.0 Å². The van der Waals surface area contributed by atoms with Crippen molar-refractivity contribution in [2.24, 2.45) is 5.16 Å². The highest BCUT2D eigenvalue weighted by Gasteiger charge is 2.41. The highest BCUT2D eigenvalue weighted by molar-refractivity contribution is 7.99. The Kier molecular flexibility index (Phi) is 4.57. The molecule has 1 heterocycles. The van der Waals surface area contributed by atoms with Crippen molar-refractivity contribution in [3.05, 3.63) is 102 Å².